The van der Waals surface area contributed by atoms with E-state index in [9.17, 15) is 0 Å². The molecule has 0 spiro atoms. The first-order valence-electron chi connectivity index (χ1n) is 7.16. The van der Waals surface area contributed by atoms with Crippen molar-refractivity contribution >= 4 is 16.6 Å². The van der Waals surface area contributed by atoms with E-state index < -0.39 is 0 Å². The number of fused-ring (bicyclic) bond motifs is 1. The van der Waals surface area contributed by atoms with Gasteiger partial charge in [0.1, 0.15) is 18.0 Å². The van der Waals surface area contributed by atoms with Crippen LogP contribution in [0.25, 0.3) is 10.8 Å². The highest BCUT2D eigenvalue weighted by Gasteiger charge is 2.34. The van der Waals surface area contributed by atoms with Crippen LogP contribution < -0.4 is 10.6 Å². The summed E-state index contributed by atoms with van der Waals surface area (Å²) in [5.41, 5.74) is 6.69. The van der Waals surface area contributed by atoms with Crippen LogP contribution in [-0.2, 0) is 16.0 Å². The van der Waals surface area contributed by atoms with Gasteiger partial charge in [-0.05, 0) is 11.5 Å². The second-order valence-electron chi connectivity index (χ2n) is 5.32. The maximum absolute atomic E-state index is 5.78. The molecule has 0 aliphatic carbocycles. The zero-order valence-electron chi connectivity index (χ0n) is 12.5. The molecule has 1 aliphatic heterocycles. The maximum Gasteiger partial charge on any atom is 0.136 e. The van der Waals surface area contributed by atoms with E-state index in [2.05, 4.69) is 23.1 Å². The van der Waals surface area contributed by atoms with Crippen LogP contribution in [0.4, 0.5) is 5.82 Å². The second-order valence-corrected chi connectivity index (χ2v) is 5.32. The first kappa shape index (κ1) is 14.3. The Morgan fingerprint density at radius 1 is 1.19 bits per heavy atom. The predicted molar refractivity (Wildman–Crippen MR) is 83.4 cm³/mol. The van der Waals surface area contributed by atoms with Crippen LogP contribution in [0.3, 0.4) is 0 Å². The fourth-order valence-electron chi connectivity index (χ4n) is 2.95. The van der Waals surface area contributed by atoms with Crippen molar-refractivity contribution in [2.45, 2.75) is 18.8 Å². The van der Waals surface area contributed by atoms with E-state index >= 15 is 0 Å². The van der Waals surface area contributed by atoms with Crippen LogP contribution in [0.1, 0.15) is 5.69 Å². The number of hydrogen-bond donors (Lipinski definition) is 1. The number of pyridine rings is 1. The van der Waals surface area contributed by atoms with Gasteiger partial charge >= 0.3 is 0 Å². The minimum absolute atomic E-state index is 0.0668. The Morgan fingerprint density at radius 3 is 2.48 bits per heavy atom. The monoisotopic (exact) mass is 287 g/mol. The maximum atomic E-state index is 5.78. The van der Waals surface area contributed by atoms with Gasteiger partial charge in [-0.15, -0.1) is 0 Å². The molecule has 2 N–H and O–H groups in total. The zero-order chi connectivity index (χ0) is 14.8. The van der Waals surface area contributed by atoms with Crippen LogP contribution in [0.2, 0.25) is 0 Å². The van der Waals surface area contributed by atoms with Crippen molar-refractivity contribution in [1.82, 2.24) is 4.98 Å². The van der Waals surface area contributed by atoms with E-state index in [0.29, 0.717) is 6.54 Å². The molecule has 0 radical (unpaired) electrons. The lowest BCUT2D eigenvalue weighted by molar-refractivity contribution is -0.00461. The summed E-state index contributed by atoms with van der Waals surface area (Å²) in [6.45, 7) is 1.99. The number of hydrogen-bond acceptors (Lipinski definition) is 5. The predicted octanol–water partition coefficient (Wildman–Crippen LogP) is 1.54. The van der Waals surface area contributed by atoms with Gasteiger partial charge in [0.15, 0.2) is 0 Å². The van der Waals surface area contributed by atoms with E-state index in [0.717, 1.165) is 35.4 Å². The van der Waals surface area contributed by atoms with Crippen molar-refractivity contribution in [3.05, 3.63) is 36.0 Å². The largest absolute Gasteiger partial charge is 0.377 e. The molecule has 2 atom stereocenters. The molecule has 2 unspecified atom stereocenters. The minimum Gasteiger partial charge on any atom is -0.377 e. The highest BCUT2D eigenvalue weighted by Crippen LogP contribution is 2.29. The third kappa shape index (κ3) is 2.60. The summed E-state index contributed by atoms with van der Waals surface area (Å²) in [7, 11) is 3.45. The van der Waals surface area contributed by atoms with Crippen LogP contribution in [0.5, 0.6) is 0 Å². The third-order valence-electron chi connectivity index (χ3n) is 4.10. The average Bonchev–Trinajstić information content (AvgIpc) is 2.96. The molecule has 0 amide bonds. The van der Waals surface area contributed by atoms with Crippen molar-refractivity contribution in [3.8, 4) is 0 Å². The standard InChI is InChI=1S/C16H21N3O2/c1-20-14-9-19(10-15(14)21-2)16-13-6-4-3-5-11(13)7-12(8-17)18-16/h3-7,14-15H,8-10,17H2,1-2H3. The Balaban J connectivity index is 2.03. The Kier molecular flexibility index (Phi) is 4.05. The zero-order valence-corrected chi connectivity index (χ0v) is 12.5. The molecule has 3 rings (SSSR count). The lowest BCUT2D eigenvalue weighted by Gasteiger charge is -2.20. The number of anilines is 1. The summed E-state index contributed by atoms with van der Waals surface area (Å²) in [4.78, 5) is 6.95. The summed E-state index contributed by atoms with van der Waals surface area (Å²) in [6.07, 6.45) is 0.134. The van der Waals surface area contributed by atoms with Gasteiger partial charge in [0.2, 0.25) is 0 Å². The highest BCUT2D eigenvalue weighted by atomic mass is 16.5. The molecule has 2 heterocycles. The number of nitrogens with zero attached hydrogens (tertiary/aromatic N) is 2. The van der Waals surface area contributed by atoms with Gasteiger partial charge in [0.05, 0.1) is 5.69 Å². The van der Waals surface area contributed by atoms with E-state index in [4.69, 9.17) is 20.2 Å². The fraction of sp³-hybridized carbons (Fsp3) is 0.438. The Bertz CT molecular complexity index is 620. The van der Waals surface area contributed by atoms with Crippen molar-refractivity contribution in [3.63, 3.8) is 0 Å². The molecule has 1 aliphatic rings. The van der Waals surface area contributed by atoms with Gasteiger partial charge in [-0.25, -0.2) is 4.98 Å². The molecular formula is C16H21N3O2. The number of nitrogens with two attached hydrogens (primary N) is 1. The van der Waals surface area contributed by atoms with Gasteiger partial charge in [-0.1, -0.05) is 24.3 Å². The number of methoxy groups -OCH3 is 2. The molecule has 1 saturated heterocycles. The van der Waals surface area contributed by atoms with Crippen LogP contribution in [0.15, 0.2) is 30.3 Å². The molecule has 5 heteroatoms. The molecule has 5 nitrogen and oxygen atoms in total. The average molecular weight is 287 g/mol. The van der Waals surface area contributed by atoms with Crippen LogP contribution in [0, 0.1) is 0 Å². The second kappa shape index (κ2) is 5.97. The van der Waals surface area contributed by atoms with Gasteiger partial charge in [-0.2, -0.15) is 0 Å². The number of ether oxygens (including phenoxy) is 2. The van der Waals surface area contributed by atoms with Gasteiger partial charge in [-0.3, -0.25) is 0 Å². The normalized spacial score (nSPS) is 22.1. The van der Waals surface area contributed by atoms with Crippen LogP contribution >= 0.6 is 0 Å². The first-order valence-corrected chi connectivity index (χ1v) is 7.16. The summed E-state index contributed by atoms with van der Waals surface area (Å²) >= 11 is 0. The first-order chi connectivity index (χ1) is 10.3. The molecule has 1 fully saturated rings. The Morgan fingerprint density at radius 2 is 1.86 bits per heavy atom. The minimum atomic E-state index is 0.0668. The third-order valence-corrected chi connectivity index (χ3v) is 4.10. The molecular weight excluding hydrogens is 266 g/mol. The molecule has 0 saturated carbocycles. The summed E-state index contributed by atoms with van der Waals surface area (Å²) in [5.74, 6) is 0.968. The topological polar surface area (TPSA) is 60.6 Å². The molecule has 1 aromatic heterocycles. The Labute approximate surface area is 124 Å². The number of rotatable bonds is 4. The number of aromatic nitrogens is 1. The van der Waals surface area contributed by atoms with E-state index in [1.165, 1.54) is 0 Å². The van der Waals surface area contributed by atoms with E-state index in [-0.39, 0.29) is 12.2 Å². The van der Waals surface area contributed by atoms with E-state index in [1.807, 2.05) is 12.1 Å². The summed E-state index contributed by atoms with van der Waals surface area (Å²) in [5, 5.41) is 2.30. The number of benzene rings is 1. The summed E-state index contributed by atoms with van der Waals surface area (Å²) < 4.78 is 11.0. The summed E-state index contributed by atoms with van der Waals surface area (Å²) in [6, 6.07) is 10.3. The fourth-order valence-corrected chi connectivity index (χ4v) is 2.95. The smallest absolute Gasteiger partial charge is 0.136 e. The highest BCUT2D eigenvalue weighted by molar-refractivity contribution is 5.92. The lowest BCUT2D eigenvalue weighted by atomic mass is 10.1. The van der Waals surface area contributed by atoms with Gasteiger partial charge < -0.3 is 20.1 Å². The van der Waals surface area contributed by atoms with Crippen molar-refractivity contribution in [1.29, 1.82) is 0 Å². The molecule has 1 aromatic carbocycles. The van der Waals surface area contributed by atoms with Crippen molar-refractivity contribution in [2.24, 2.45) is 5.73 Å². The van der Waals surface area contributed by atoms with Gasteiger partial charge in [0, 0.05) is 39.2 Å². The molecule has 2 aromatic rings. The van der Waals surface area contributed by atoms with Gasteiger partial charge in [0.25, 0.3) is 0 Å². The molecule has 0 bridgehead atoms. The lowest BCUT2D eigenvalue weighted by Crippen LogP contribution is -2.27. The van der Waals surface area contributed by atoms with Crippen LogP contribution in [-0.4, -0.2) is 44.5 Å². The molecule has 21 heavy (non-hydrogen) atoms. The SMILES string of the molecule is COC1CN(c2nc(CN)cc3ccccc23)CC1OC. The van der Waals surface area contributed by atoms with Crippen molar-refractivity contribution in [2.75, 3.05) is 32.2 Å². The Hall–Kier alpha value is -1.69. The van der Waals surface area contributed by atoms with E-state index in [1.54, 1.807) is 14.2 Å². The van der Waals surface area contributed by atoms with Crippen molar-refractivity contribution < 1.29 is 9.47 Å². The quantitative estimate of drug-likeness (QED) is 0.924. The molecule has 112 valence electrons.